The first kappa shape index (κ1) is 45.0. The van der Waals surface area contributed by atoms with E-state index in [1.54, 1.807) is 0 Å². The van der Waals surface area contributed by atoms with Gasteiger partial charge in [0.2, 0.25) is 0 Å². The lowest BCUT2D eigenvalue weighted by Crippen LogP contribution is -2.50. The molecule has 0 bridgehead atoms. The van der Waals surface area contributed by atoms with Gasteiger partial charge in [0.25, 0.3) is 0 Å². The quantitative estimate of drug-likeness (QED) is 0.0465. The van der Waals surface area contributed by atoms with Crippen molar-refractivity contribution >= 4 is 0 Å². The summed E-state index contributed by atoms with van der Waals surface area (Å²) in [5.74, 6) is 0. The van der Waals surface area contributed by atoms with Crippen molar-refractivity contribution in [1.29, 1.82) is 0 Å². The highest BCUT2D eigenvalue weighted by Crippen LogP contribution is 2.21. The van der Waals surface area contributed by atoms with Crippen LogP contribution in [0.2, 0.25) is 0 Å². The molecule has 1 heteroatoms. The summed E-state index contributed by atoms with van der Waals surface area (Å²) in [6, 6.07) is 0. The van der Waals surface area contributed by atoms with Crippen LogP contribution in [0, 0.1) is 0 Å². The molecule has 0 amide bonds. The van der Waals surface area contributed by atoms with Crippen molar-refractivity contribution in [3.8, 4) is 0 Å². The van der Waals surface area contributed by atoms with Gasteiger partial charge in [0, 0.05) is 0 Å². The van der Waals surface area contributed by atoms with E-state index in [4.69, 9.17) is 0 Å². The molecule has 0 saturated carbocycles. The van der Waals surface area contributed by atoms with Crippen LogP contribution in [0.1, 0.15) is 259 Å². The van der Waals surface area contributed by atoms with Gasteiger partial charge < -0.3 is 4.48 Å². The summed E-state index contributed by atoms with van der Waals surface area (Å²) < 4.78 is 1.48. The lowest BCUT2D eigenvalue weighted by Gasteiger charge is -2.40. The van der Waals surface area contributed by atoms with Gasteiger partial charge in [0.15, 0.2) is 0 Å². The predicted octanol–water partition coefficient (Wildman–Crippen LogP) is 15.9. The summed E-state index contributed by atoms with van der Waals surface area (Å²) >= 11 is 0. The highest BCUT2D eigenvalue weighted by molar-refractivity contribution is 4.56. The molecule has 0 aliphatic heterocycles. The van der Waals surface area contributed by atoms with Crippen LogP contribution in [0.15, 0.2) is 0 Å². The van der Waals surface area contributed by atoms with E-state index in [1.165, 1.54) is 262 Å². The van der Waals surface area contributed by atoms with E-state index < -0.39 is 0 Å². The molecular weight excluding hydrogens is 542 g/mol. The molecule has 0 fully saturated rings. The summed E-state index contributed by atoms with van der Waals surface area (Å²) in [7, 11) is 0. The third-order valence-electron chi connectivity index (χ3n) is 10.9. The Morgan fingerprint density at radius 3 is 0.467 bits per heavy atom. The number of rotatable bonds is 40. The molecule has 272 valence electrons. The second-order valence-electron chi connectivity index (χ2n) is 15.5. The topological polar surface area (TPSA) is 0 Å². The Balaban J connectivity index is 4.60. The van der Waals surface area contributed by atoms with Crippen LogP contribution in [0.3, 0.4) is 0 Å². The molecule has 0 unspecified atom stereocenters. The average Bonchev–Trinajstić information content (AvgIpc) is 3.05. The highest BCUT2D eigenvalue weighted by atomic mass is 15.3. The van der Waals surface area contributed by atoms with E-state index in [0.29, 0.717) is 0 Å². The molecular formula is C44H92N+. The van der Waals surface area contributed by atoms with Crippen molar-refractivity contribution in [2.24, 2.45) is 0 Å². The predicted molar refractivity (Wildman–Crippen MR) is 209 cm³/mol. The van der Waals surface area contributed by atoms with Crippen molar-refractivity contribution in [3.05, 3.63) is 0 Å². The van der Waals surface area contributed by atoms with Gasteiger partial charge in [-0.1, -0.05) is 207 Å². The van der Waals surface area contributed by atoms with Gasteiger partial charge >= 0.3 is 0 Å². The molecule has 0 aromatic rings. The Morgan fingerprint density at radius 2 is 0.311 bits per heavy atom. The maximum atomic E-state index is 2.34. The standard InChI is InChI=1S/C44H92N/c1-5-9-13-17-21-22-23-24-25-26-27-28-32-36-40-44-45(41-37-33-29-18-14-10-6-2,42-38-34-30-19-15-11-7-3)43-39-35-31-20-16-12-8-4/h5-44H2,1-4H3/q+1. The first-order valence-corrected chi connectivity index (χ1v) is 22.1. The Labute approximate surface area is 288 Å². The first-order valence-electron chi connectivity index (χ1n) is 22.1. The molecule has 0 aromatic carbocycles. The molecule has 1 nitrogen and oxygen atoms in total. The maximum absolute atomic E-state index is 2.34. The minimum absolute atomic E-state index is 1.37. The monoisotopic (exact) mass is 635 g/mol. The van der Waals surface area contributed by atoms with Gasteiger partial charge in [-0.25, -0.2) is 0 Å². The molecule has 45 heavy (non-hydrogen) atoms. The number of nitrogens with zero attached hydrogens (tertiary/aromatic N) is 1. The Bertz CT molecular complexity index is 468. The van der Waals surface area contributed by atoms with Crippen molar-refractivity contribution in [1.82, 2.24) is 0 Å². The fourth-order valence-electron chi connectivity index (χ4n) is 7.70. The van der Waals surface area contributed by atoms with Gasteiger partial charge in [0.1, 0.15) is 0 Å². The molecule has 0 aliphatic carbocycles. The summed E-state index contributed by atoms with van der Waals surface area (Å²) in [6.45, 7) is 15.3. The van der Waals surface area contributed by atoms with Crippen LogP contribution < -0.4 is 0 Å². The van der Waals surface area contributed by atoms with E-state index in [0.717, 1.165) is 0 Å². The zero-order chi connectivity index (χ0) is 32.8. The molecule has 0 N–H and O–H groups in total. The van der Waals surface area contributed by atoms with Crippen molar-refractivity contribution in [2.45, 2.75) is 259 Å². The fraction of sp³-hybridized carbons (Fsp3) is 1.00. The summed E-state index contributed by atoms with van der Waals surface area (Å²) in [6.07, 6.45) is 52.7. The van der Waals surface area contributed by atoms with Gasteiger partial charge in [-0.15, -0.1) is 0 Å². The van der Waals surface area contributed by atoms with Crippen molar-refractivity contribution in [2.75, 3.05) is 26.2 Å². The van der Waals surface area contributed by atoms with Crippen LogP contribution in [-0.4, -0.2) is 30.7 Å². The first-order chi connectivity index (χ1) is 22.2. The third kappa shape index (κ3) is 33.6. The largest absolute Gasteiger partial charge is 0.324 e. The average molecular weight is 635 g/mol. The zero-order valence-corrected chi connectivity index (χ0v) is 32.7. The lowest BCUT2D eigenvalue weighted by atomic mass is 10.0. The normalized spacial score (nSPS) is 12.0. The van der Waals surface area contributed by atoms with Crippen LogP contribution in [0.5, 0.6) is 0 Å². The fourth-order valence-corrected chi connectivity index (χ4v) is 7.70. The summed E-state index contributed by atoms with van der Waals surface area (Å²) in [5.41, 5.74) is 0. The van der Waals surface area contributed by atoms with E-state index in [1.807, 2.05) is 0 Å². The third-order valence-corrected chi connectivity index (χ3v) is 10.9. The van der Waals surface area contributed by atoms with Crippen LogP contribution in [0.25, 0.3) is 0 Å². The molecule has 0 spiro atoms. The van der Waals surface area contributed by atoms with E-state index >= 15 is 0 Å². The molecule has 0 atom stereocenters. The SMILES string of the molecule is CCCCCCCCCCCCCCCCC[N+](CCCCCCCCC)(CCCCCCCCC)CCCCCCCCC. The van der Waals surface area contributed by atoms with Gasteiger partial charge in [-0.2, -0.15) is 0 Å². The molecule has 0 aromatic heterocycles. The Kier molecular flexibility index (Phi) is 38.4. The van der Waals surface area contributed by atoms with Gasteiger partial charge in [0.05, 0.1) is 26.2 Å². The Morgan fingerprint density at radius 1 is 0.178 bits per heavy atom. The number of unbranched alkanes of at least 4 members (excludes halogenated alkanes) is 32. The van der Waals surface area contributed by atoms with Crippen molar-refractivity contribution < 1.29 is 4.48 Å². The smallest absolute Gasteiger partial charge is 0.0786 e. The van der Waals surface area contributed by atoms with Crippen molar-refractivity contribution in [3.63, 3.8) is 0 Å². The maximum Gasteiger partial charge on any atom is 0.0786 e. The molecule has 0 rings (SSSR count). The van der Waals surface area contributed by atoms with Crippen LogP contribution >= 0.6 is 0 Å². The minimum atomic E-state index is 1.37. The minimum Gasteiger partial charge on any atom is -0.324 e. The molecule has 0 heterocycles. The van der Waals surface area contributed by atoms with E-state index in [-0.39, 0.29) is 0 Å². The van der Waals surface area contributed by atoms with E-state index in [9.17, 15) is 0 Å². The summed E-state index contributed by atoms with van der Waals surface area (Å²) in [4.78, 5) is 0. The highest BCUT2D eigenvalue weighted by Gasteiger charge is 2.25. The van der Waals surface area contributed by atoms with E-state index in [2.05, 4.69) is 27.7 Å². The van der Waals surface area contributed by atoms with Crippen LogP contribution in [-0.2, 0) is 0 Å². The van der Waals surface area contributed by atoms with Gasteiger partial charge in [-0.05, 0) is 51.4 Å². The molecule has 0 aliphatic rings. The second kappa shape index (κ2) is 38.4. The number of quaternary nitrogens is 1. The number of hydrogen-bond acceptors (Lipinski definition) is 0. The van der Waals surface area contributed by atoms with Gasteiger partial charge in [-0.3, -0.25) is 0 Å². The lowest BCUT2D eigenvalue weighted by molar-refractivity contribution is -0.929. The molecule has 0 saturated heterocycles. The number of hydrogen-bond donors (Lipinski definition) is 0. The zero-order valence-electron chi connectivity index (χ0n) is 32.7. The summed E-state index contributed by atoms with van der Waals surface area (Å²) in [5, 5.41) is 0. The van der Waals surface area contributed by atoms with Crippen LogP contribution in [0.4, 0.5) is 0 Å². The Hall–Kier alpha value is -0.0400. The molecule has 0 radical (unpaired) electrons. The second-order valence-corrected chi connectivity index (χ2v) is 15.5.